The summed E-state index contributed by atoms with van der Waals surface area (Å²) in [7, 11) is 0. The van der Waals surface area contributed by atoms with Crippen LogP contribution in [0.5, 0.6) is 0 Å². The summed E-state index contributed by atoms with van der Waals surface area (Å²) in [4.78, 5) is 41.0. The average molecular weight is 452 g/mol. The predicted molar refractivity (Wildman–Crippen MR) is 121 cm³/mol. The molecule has 0 unspecified atom stereocenters. The van der Waals surface area contributed by atoms with Crippen LogP contribution in [0.3, 0.4) is 0 Å². The largest absolute Gasteiger partial charge is 0.346 e. The van der Waals surface area contributed by atoms with Crippen LogP contribution in [0, 0.1) is 0 Å². The molecule has 5 rings (SSSR count). The fourth-order valence-corrected chi connectivity index (χ4v) is 4.91. The van der Waals surface area contributed by atoms with Gasteiger partial charge in [-0.3, -0.25) is 14.4 Å². The first-order chi connectivity index (χ1) is 15.0. The Morgan fingerprint density at radius 1 is 1.10 bits per heavy atom. The highest BCUT2D eigenvalue weighted by Crippen LogP contribution is 2.32. The highest BCUT2D eigenvalue weighted by molar-refractivity contribution is 7.12. The maximum absolute atomic E-state index is 13.4. The zero-order chi connectivity index (χ0) is 21.5. The van der Waals surface area contributed by atoms with Crippen LogP contribution in [-0.4, -0.2) is 41.2 Å². The predicted octanol–water partition coefficient (Wildman–Crippen LogP) is 4.03. The van der Waals surface area contributed by atoms with Crippen LogP contribution >= 0.6 is 22.9 Å². The molecule has 2 atom stereocenters. The van der Waals surface area contributed by atoms with Gasteiger partial charge in [0.2, 0.25) is 5.91 Å². The number of rotatable bonds is 3. The summed E-state index contributed by atoms with van der Waals surface area (Å²) >= 11 is 7.32. The van der Waals surface area contributed by atoms with Crippen molar-refractivity contribution in [1.82, 2.24) is 10.2 Å². The first-order valence-electron chi connectivity index (χ1n) is 9.87. The second-order valence-electron chi connectivity index (χ2n) is 7.55. The molecule has 0 bridgehead atoms. The van der Waals surface area contributed by atoms with E-state index in [4.69, 9.17) is 11.6 Å². The van der Waals surface area contributed by atoms with Gasteiger partial charge in [0.1, 0.15) is 6.04 Å². The molecule has 156 valence electrons. The number of nitrogens with one attached hydrogen (secondary N) is 2. The number of amides is 3. The lowest BCUT2D eigenvalue weighted by Gasteiger charge is -2.24. The topological polar surface area (TPSA) is 78.5 Å². The normalized spacial score (nSPS) is 20.0. The Bertz CT molecular complexity index is 1180. The molecule has 2 aliphatic rings. The highest BCUT2D eigenvalue weighted by atomic mass is 35.5. The molecule has 3 amide bonds. The van der Waals surface area contributed by atoms with Crippen LogP contribution in [0.1, 0.15) is 26.5 Å². The van der Waals surface area contributed by atoms with E-state index in [9.17, 15) is 14.4 Å². The zero-order valence-corrected chi connectivity index (χ0v) is 17.9. The number of hydrogen-bond acceptors (Lipinski definition) is 4. The van der Waals surface area contributed by atoms with Crippen molar-refractivity contribution in [1.29, 1.82) is 0 Å². The van der Waals surface area contributed by atoms with Crippen molar-refractivity contribution >= 4 is 46.3 Å². The molecule has 0 spiro atoms. The van der Waals surface area contributed by atoms with Crippen LogP contribution in [0.2, 0.25) is 5.02 Å². The number of carbonyl (C=O) groups is 3. The first kappa shape index (κ1) is 19.8. The minimum absolute atomic E-state index is 0.220. The molecule has 2 aliphatic heterocycles. The number of anilines is 1. The quantitative estimate of drug-likeness (QED) is 0.631. The summed E-state index contributed by atoms with van der Waals surface area (Å²) in [6.07, 6.45) is 0.521. The van der Waals surface area contributed by atoms with Crippen molar-refractivity contribution in [3.8, 4) is 11.1 Å². The second-order valence-corrected chi connectivity index (χ2v) is 8.93. The maximum Gasteiger partial charge on any atom is 0.261 e. The Labute approximate surface area is 187 Å². The molecule has 1 aromatic heterocycles. The molecular weight excluding hydrogens is 434 g/mol. The van der Waals surface area contributed by atoms with Crippen molar-refractivity contribution in [3.05, 3.63) is 75.4 Å². The Kier molecular flexibility index (Phi) is 5.00. The number of nitrogens with zero attached hydrogens (tertiary/aromatic N) is 1. The lowest BCUT2D eigenvalue weighted by Crippen LogP contribution is -2.51. The molecule has 0 saturated carbocycles. The summed E-state index contributed by atoms with van der Waals surface area (Å²) in [5.74, 6) is -0.740. The third-order valence-corrected chi connectivity index (χ3v) is 6.79. The smallest absolute Gasteiger partial charge is 0.261 e. The molecule has 31 heavy (non-hydrogen) atoms. The van der Waals surface area contributed by atoms with E-state index in [0.29, 0.717) is 34.1 Å². The van der Waals surface area contributed by atoms with Crippen molar-refractivity contribution in [2.45, 2.75) is 18.5 Å². The molecule has 2 N–H and O–H groups in total. The third-order valence-electron chi connectivity index (χ3n) is 5.67. The summed E-state index contributed by atoms with van der Waals surface area (Å²) in [5.41, 5.74) is 2.70. The van der Waals surface area contributed by atoms with Gasteiger partial charge in [0.25, 0.3) is 11.8 Å². The Balaban J connectivity index is 1.44. The molecule has 8 heteroatoms. The lowest BCUT2D eigenvalue weighted by atomic mass is 10.0. The Morgan fingerprint density at radius 3 is 2.61 bits per heavy atom. The van der Waals surface area contributed by atoms with Gasteiger partial charge in [0, 0.05) is 11.6 Å². The minimum Gasteiger partial charge on any atom is -0.346 e. The van der Waals surface area contributed by atoms with Crippen LogP contribution in [-0.2, 0) is 4.79 Å². The van der Waals surface area contributed by atoms with Crippen molar-refractivity contribution < 1.29 is 14.4 Å². The van der Waals surface area contributed by atoms with Crippen molar-refractivity contribution in [2.75, 3.05) is 11.9 Å². The SMILES string of the molecule is O=C(N[C@H]1CCN2C(=O)c3cc(-c4ccc(Cl)cc4)ccc3NC(=O)[C@H]12)c1cccs1. The molecule has 0 aliphatic carbocycles. The Morgan fingerprint density at radius 2 is 1.87 bits per heavy atom. The first-order valence-corrected chi connectivity index (χ1v) is 11.1. The highest BCUT2D eigenvalue weighted by Gasteiger charge is 2.45. The number of thiophene rings is 1. The van der Waals surface area contributed by atoms with Gasteiger partial charge in [-0.1, -0.05) is 35.9 Å². The molecular formula is C23H18ClN3O3S. The number of hydrogen-bond donors (Lipinski definition) is 2. The summed E-state index contributed by atoms with van der Waals surface area (Å²) in [6.45, 7) is 0.400. The third kappa shape index (κ3) is 3.60. The summed E-state index contributed by atoms with van der Waals surface area (Å²) in [6, 6.07) is 15.1. The van der Waals surface area contributed by atoms with Gasteiger partial charge in [-0.2, -0.15) is 0 Å². The van der Waals surface area contributed by atoms with Gasteiger partial charge in [0.05, 0.1) is 22.2 Å². The molecule has 1 saturated heterocycles. The molecule has 0 radical (unpaired) electrons. The van der Waals surface area contributed by atoms with Crippen molar-refractivity contribution in [2.24, 2.45) is 0 Å². The van der Waals surface area contributed by atoms with E-state index in [1.54, 1.807) is 41.3 Å². The van der Waals surface area contributed by atoms with E-state index in [-0.39, 0.29) is 17.7 Å². The molecule has 2 aromatic carbocycles. The second kappa shape index (κ2) is 7.83. The number of carbonyl (C=O) groups excluding carboxylic acids is 3. The van der Waals surface area contributed by atoms with E-state index in [2.05, 4.69) is 10.6 Å². The summed E-state index contributed by atoms with van der Waals surface area (Å²) < 4.78 is 0. The van der Waals surface area contributed by atoms with Crippen molar-refractivity contribution in [3.63, 3.8) is 0 Å². The van der Waals surface area contributed by atoms with E-state index < -0.39 is 12.1 Å². The monoisotopic (exact) mass is 451 g/mol. The van der Waals surface area contributed by atoms with Gasteiger partial charge in [-0.15, -0.1) is 11.3 Å². The van der Waals surface area contributed by atoms with Crippen LogP contribution in [0.25, 0.3) is 11.1 Å². The van der Waals surface area contributed by atoms with Gasteiger partial charge in [-0.25, -0.2) is 0 Å². The minimum atomic E-state index is -0.747. The Hall–Kier alpha value is -3.16. The lowest BCUT2D eigenvalue weighted by molar-refractivity contribution is -0.120. The van der Waals surface area contributed by atoms with Gasteiger partial charge in [0.15, 0.2) is 0 Å². The summed E-state index contributed by atoms with van der Waals surface area (Å²) in [5, 5.41) is 8.27. The molecule has 6 nitrogen and oxygen atoms in total. The number of benzene rings is 2. The molecule has 3 heterocycles. The fraction of sp³-hybridized carbons (Fsp3) is 0.174. The molecule has 1 fully saturated rings. The van der Waals surface area contributed by atoms with Crippen LogP contribution in [0.4, 0.5) is 5.69 Å². The average Bonchev–Trinajstić information content (AvgIpc) is 3.42. The zero-order valence-electron chi connectivity index (χ0n) is 16.3. The van der Waals surface area contributed by atoms with E-state index in [1.807, 2.05) is 23.6 Å². The number of fused-ring (bicyclic) bond motifs is 2. The maximum atomic E-state index is 13.4. The van der Waals surface area contributed by atoms with E-state index in [1.165, 1.54) is 11.3 Å². The van der Waals surface area contributed by atoms with Gasteiger partial charge >= 0.3 is 0 Å². The molecule has 3 aromatic rings. The fourth-order valence-electron chi connectivity index (χ4n) is 4.16. The number of halogens is 1. The van der Waals surface area contributed by atoms with E-state index >= 15 is 0 Å². The van der Waals surface area contributed by atoms with Gasteiger partial charge in [-0.05, 0) is 53.3 Å². The van der Waals surface area contributed by atoms with Gasteiger partial charge < -0.3 is 15.5 Å². The standard InChI is InChI=1S/C23H18ClN3O3S/c24-15-6-3-13(4-7-15)14-5-8-17-16(12-14)23(30)27-10-9-18(20(27)22(29)25-17)26-21(28)19-2-1-11-31-19/h1-8,11-12,18,20H,9-10H2,(H,25,29)(H,26,28)/t18-,20-/m0/s1. The van der Waals surface area contributed by atoms with E-state index in [0.717, 1.165) is 11.1 Å². The van der Waals surface area contributed by atoms with Crippen LogP contribution < -0.4 is 10.6 Å². The van der Waals surface area contributed by atoms with Crippen LogP contribution in [0.15, 0.2) is 60.0 Å².